The van der Waals surface area contributed by atoms with E-state index in [2.05, 4.69) is 189 Å². The molecule has 0 bridgehead atoms. The zero-order valence-corrected chi connectivity index (χ0v) is 37.5. The van der Waals surface area contributed by atoms with Crippen molar-refractivity contribution in [1.82, 2.24) is 4.98 Å². The molecule has 1 aromatic heterocycles. The molecule has 8 rings (SSSR count). The Morgan fingerprint density at radius 1 is 0.491 bits per heavy atom. The number of aromatic nitrogens is 1. The van der Waals surface area contributed by atoms with Gasteiger partial charge in [0.05, 0.1) is 18.0 Å². The number of hydrogen-bond acceptors (Lipinski definition) is 3. The number of ether oxygens (including phenoxy) is 2. The number of benzene rings is 6. The standard InChI is InChI=1S/C48H45NO2P2.2HI/c1-37-47-44(34-50-48(2,3)51-47)45(35-52(38-22-10-4-11-23-38,39-24-12-5-13-25-39)40-26-14-6-15-27-40)46(49-37)36-53(41-28-16-7-17-29-41,42-30-18-8-19-31-42)43-32-20-9-21-33-43;;/h4-33H,34-36H2,1-3H3;2*1H/q+2;;/p-2. The molecular formula is C48H45I2NO2P2. The van der Waals surface area contributed by atoms with Crippen LogP contribution in [-0.2, 0) is 23.7 Å². The van der Waals surface area contributed by atoms with Crippen molar-refractivity contribution in [2.24, 2.45) is 0 Å². The van der Waals surface area contributed by atoms with Crippen LogP contribution in [-0.4, -0.2) is 10.8 Å². The van der Waals surface area contributed by atoms with Crippen molar-refractivity contribution in [1.29, 1.82) is 0 Å². The first-order chi connectivity index (χ1) is 25.9. The van der Waals surface area contributed by atoms with Gasteiger partial charge in [-0.1, -0.05) is 109 Å². The van der Waals surface area contributed by atoms with E-state index in [1.54, 1.807) is 0 Å². The van der Waals surface area contributed by atoms with Crippen molar-refractivity contribution in [2.45, 2.75) is 45.5 Å². The van der Waals surface area contributed by atoms with Gasteiger partial charge in [0.15, 0.2) is 0 Å². The minimum absolute atomic E-state index is 0. The Morgan fingerprint density at radius 2 is 0.800 bits per heavy atom. The van der Waals surface area contributed by atoms with Gasteiger partial charge in [0.2, 0.25) is 5.79 Å². The van der Waals surface area contributed by atoms with E-state index < -0.39 is 20.3 Å². The number of rotatable bonds is 10. The van der Waals surface area contributed by atoms with E-state index in [9.17, 15) is 0 Å². The van der Waals surface area contributed by atoms with Crippen LogP contribution in [0.1, 0.15) is 36.4 Å². The summed E-state index contributed by atoms with van der Waals surface area (Å²) < 4.78 is 13.2. The average molecular weight is 984 g/mol. The minimum Gasteiger partial charge on any atom is -1.00 e. The molecule has 278 valence electrons. The predicted molar refractivity (Wildman–Crippen MR) is 226 cm³/mol. The maximum atomic E-state index is 6.70. The highest BCUT2D eigenvalue weighted by molar-refractivity contribution is 7.95. The van der Waals surface area contributed by atoms with Gasteiger partial charge in [0.25, 0.3) is 0 Å². The van der Waals surface area contributed by atoms with Gasteiger partial charge in [0.1, 0.15) is 64.4 Å². The second-order valence-corrected chi connectivity index (χ2v) is 21.1. The highest BCUT2D eigenvalue weighted by Crippen LogP contribution is 2.62. The summed E-state index contributed by atoms with van der Waals surface area (Å²) in [5.41, 5.74) is 4.38. The minimum atomic E-state index is -2.32. The molecule has 2 heterocycles. The summed E-state index contributed by atoms with van der Waals surface area (Å²) in [4.78, 5) is 5.64. The monoisotopic (exact) mass is 983 g/mol. The molecule has 55 heavy (non-hydrogen) atoms. The molecule has 7 aromatic rings. The van der Waals surface area contributed by atoms with E-state index in [1.807, 2.05) is 13.8 Å². The lowest BCUT2D eigenvalue weighted by Crippen LogP contribution is -3.00. The van der Waals surface area contributed by atoms with Gasteiger partial charge < -0.3 is 57.4 Å². The molecule has 0 saturated heterocycles. The molecule has 0 fully saturated rings. The van der Waals surface area contributed by atoms with Crippen molar-refractivity contribution < 1.29 is 57.4 Å². The molecule has 1 aliphatic rings. The van der Waals surface area contributed by atoms with Crippen LogP contribution in [0.2, 0.25) is 0 Å². The first kappa shape index (κ1) is 41.2. The second-order valence-electron chi connectivity index (χ2n) is 14.2. The van der Waals surface area contributed by atoms with Gasteiger partial charge in [-0.3, -0.25) is 0 Å². The Bertz CT molecular complexity index is 2100. The fourth-order valence-corrected chi connectivity index (χ4v) is 16.5. The predicted octanol–water partition coefficient (Wildman–Crippen LogP) is 3.03. The molecule has 0 unspecified atom stereocenters. The van der Waals surface area contributed by atoms with Crippen LogP contribution in [0.25, 0.3) is 0 Å². The highest BCUT2D eigenvalue weighted by atomic mass is 127. The maximum Gasteiger partial charge on any atom is 0.205 e. The lowest BCUT2D eigenvalue weighted by atomic mass is 10.0. The van der Waals surface area contributed by atoms with Gasteiger partial charge in [-0.25, -0.2) is 4.98 Å². The van der Waals surface area contributed by atoms with Crippen molar-refractivity contribution >= 4 is 46.4 Å². The number of nitrogens with zero attached hydrogens (tertiary/aromatic N) is 1. The zero-order valence-electron chi connectivity index (χ0n) is 31.4. The van der Waals surface area contributed by atoms with Crippen molar-refractivity contribution in [3.8, 4) is 5.75 Å². The van der Waals surface area contributed by atoms with Gasteiger partial charge in [-0.2, -0.15) is 0 Å². The fourth-order valence-electron chi connectivity index (χ4n) is 7.98. The normalized spacial score (nSPS) is 13.4. The summed E-state index contributed by atoms with van der Waals surface area (Å²) in [6, 6.07) is 66.8. The summed E-state index contributed by atoms with van der Waals surface area (Å²) in [5, 5.41) is 8.03. The van der Waals surface area contributed by atoms with E-state index in [-0.39, 0.29) is 48.0 Å². The Morgan fingerprint density at radius 3 is 1.13 bits per heavy atom. The molecular weight excluding hydrogens is 938 g/mol. The van der Waals surface area contributed by atoms with Crippen LogP contribution in [0, 0.1) is 6.92 Å². The summed E-state index contributed by atoms with van der Waals surface area (Å²) in [6.45, 7) is 6.55. The van der Waals surface area contributed by atoms with Crippen molar-refractivity contribution in [2.75, 3.05) is 0 Å². The smallest absolute Gasteiger partial charge is 0.205 e. The lowest BCUT2D eigenvalue weighted by Gasteiger charge is -2.36. The Kier molecular flexibility index (Phi) is 13.3. The SMILES string of the molecule is Cc1nc(C[P+](c2ccccc2)(c2ccccc2)c2ccccc2)c(C[P+](c2ccccc2)(c2ccccc2)c2ccccc2)c2c1OC(C)(C)OC2.[I-].[I-]. The third kappa shape index (κ3) is 8.06. The molecule has 0 radical (unpaired) electrons. The molecule has 0 atom stereocenters. The lowest BCUT2D eigenvalue weighted by molar-refractivity contribution is -0.180. The first-order valence-corrected chi connectivity index (χ1v) is 22.3. The molecule has 1 aliphatic heterocycles. The number of aryl methyl sites for hydroxylation is 1. The second kappa shape index (κ2) is 17.8. The third-order valence-electron chi connectivity index (χ3n) is 10.5. The van der Waals surface area contributed by atoms with Crippen LogP contribution in [0.4, 0.5) is 0 Å². The topological polar surface area (TPSA) is 31.4 Å². The highest BCUT2D eigenvalue weighted by Gasteiger charge is 2.51. The van der Waals surface area contributed by atoms with Gasteiger partial charge >= 0.3 is 0 Å². The van der Waals surface area contributed by atoms with Crippen LogP contribution in [0.15, 0.2) is 182 Å². The summed E-state index contributed by atoms with van der Waals surface area (Å²) >= 11 is 0. The van der Waals surface area contributed by atoms with Crippen LogP contribution < -0.4 is 84.5 Å². The molecule has 0 aliphatic carbocycles. The van der Waals surface area contributed by atoms with Crippen molar-refractivity contribution in [3.05, 3.63) is 205 Å². The van der Waals surface area contributed by atoms with Crippen LogP contribution >= 0.6 is 14.5 Å². The van der Waals surface area contributed by atoms with Gasteiger partial charge in [0, 0.05) is 25.0 Å². The number of pyridine rings is 1. The van der Waals surface area contributed by atoms with E-state index >= 15 is 0 Å². The Hall–Kier alpha value is -3.45. The van der Waals surface area contributed by atoms with Crippen LogP contribution in [0.5, 0.6) is 5.75 Å². The number of hydrogen-bond donors (Lipinski definition) is 0. The molecule has 7 heteroatoms. The van der Waals surface area contributed by atoms with Gasteiger partial charge in [-0.05, 0) is 79.7 Å². The summed E-state index contributed by atoms with van der Waals surface area (Å²) in [5.74, 6) is 0.104. The molecule has 0 N–H and O–H groups in total. The van der Waals surface area contributed by atoms with E-state index in [0.29, 0.717) is 6.61 Å². The summed E-state index contributed by atoms with van der Waals surface area (Å²) in [7, 11) is -4.61. The number of fused-ring (bicyclic) bond motifs is 1. The first-order valence-electron chi connectivity index (χ1n) is 18.3. The van der Waals surface area contributed by atoms with E-state index in [4.69, 9.17) is 14.5 Å². The quantitative estimate of drug-likeness (QED) is 0.156. The summed E-state index contributed by atoms with van der Waals surface area (Å²) in [6.07, 6.45) is 1.54. The largest absolute Gasteiger partial charge is 1.00 e. The fraction of sp³-hybridized carbons (Fsp3) is 0.146. The molecule has 0 saturated carbocycles. The Balaban J connectivity index is 0.00000257. The number of halogens is 2. The third-order valence-corrected chi connectivity index (χ3v) is 19.1. The van der Waals surface area contributed by atoms with Gasteiger partial charge in [-0.15, -0.1) is 0 Å². The average Bonchev–Trinajstić information content (AvgIpc) is 3.22. The zero-order chi connectivity index (χ0) is 36.3. The molecule has 6 aromatic carbocycles. The molecule has 0 amide bonds. The van der Waals surface area contributed by atoms with E-state index in [0.717, 1.165) is 35.0 Å². The van der Waals surface area contributed by atoms with Crippen molar-refractivity contribution in [3.63, 3.8) is 0 Å². The van der Waals surface area contributed by atoms with E-state index in [1.165, 1.54) is 37.4 Å². The Labute approximate surface area is 361 Å². The van der Waals surface area contributed by atoms with Crippen LogP contribution in [0.3, 0.4) is 0 Å². The molecule has 0 spiro atoms. The maximum absolute atomic E-state index is 6.70. The molecule has 3 nitrogen and oxygen atoms in total.